The van der Waals surface area contributed by atoms with Gasteiger partial charge < -0.3 is 5.11 Å². The van der Waals surface area contributed by atoms with Crippen LogP contribution in [0.5, 0.6) is 0 Å². The number of halogens is 1. The maximum absolute atomic E-state index is 11.0. The van der Waals surface area contributed by atoms with Gasteiger partial charge in [-0.25, -0.2) is 9.31 Å². The van der Waals surface area contributed by atoms with Gasteiger partial charge in [0.05, 0.1) is 5.52 Å². The molecule has 0 unspecified atom stereocenters. The number of aromatic nitrogens is 2. The van der Waals surface area contributed by atoms with Crippen molar-refractivity contribution in [2.24, 2.45) is 0 Å². The summed E-state index contributed by atoms with van der Waals surface area (Å²) in [7, 11) is 0. The molecule has 2 aromatic heterocycles. The molecule has 19 heavy (non-hydrogen) atoms. The van der Waals surface area contributed by atoms with Crippen LogP contribution in [0.25, 0.3) is 16.6 Å². The summed E-state index contributed by atoms with van der Waals surface area (Å²) < 4.78 is 2.51. The highest BCUT2D eigenvalue weighted by Gasteiger charge is 2.11. The van der Waals surface area contributed by atoms with Crippen molar-refractivity contribution < 1.29 is 9.90 Å². The summed E-state index contributed by atoms with van der Waals surface area (Å²) in [6, 6.07) is 15.5. The highest BCUT2D eigenvalue weighted by Crippen LogP contribution is 2.24. The van der Waals surface area contributed by atoms with Crippen molar-refractivity contribution in [3.8, 4) is 11.1 Å². The third-order valence-electron chi connectivity index (χ3n) is 2.84. The maximum atomic E-state index is 11.0. The molecule has 2 heterocycles. The highest BCUT2D eigenvalue weighted by molar-refractivity contribution is 14.1. The Kier molecular flexibility index (Phi) is 2.98. The van der Waals surface area contributed by atoms with Crippen molar-refractivity contribution in [1.82, 2.24) is 9.61 Å². The lowest BCUT2D eigenvalue weighted by Crippen LogP contribution is -1.99. The maximum Gasteiger partial charge on any atom is 0.356 e. The van der Waals surface area contributed by atoms with E-state index >= 15 is 0 Å². The molecule has 1 N–H and O–H groups in total. The predicted molar refractivity (Wildman–Crippen MR) is 80.3 cm³/mol. The van der Waals surface area contributed by atoms with Gasteiger partial charge in [0, 0.05) is 0 Å². The van der Waals surface area contributed by atoms with Crippen LogP contribution in [0.4, 0.5) is 0 Å². The zero-order chi connectivity index (χ0) is 13.4. The molecule has 1 aromatic carbocycles. The fraction of sp³-hybridized carbons (Fsp3) is 0. The Balaban J connectivity index is 2.22. The number of carbonyl (C=O) groups is 1. The minimum absolute atomic E-state index is 0.0585. The quantitative estimate of drug-likeness (QED) is 0.561. The molecular weight excluding hydrogens is 355 g/mol. The summed E-state index contributed by atoms with van der Waals surface area (Å²) in [5, 5.41) is 13.0. The van der Waals surface area contributed by atoms with Gasteiger partial charge in [-0.1, -0.05) is 30.3 Å². The second kappa shape index (κ2) is 4.65. The Labute approximate surface area is 122 Å². The number of hydrogen-bond acceptors (Lipinski definition) is 2. The molecule has 0 aliphatic rings. The van der Waals surface area contributed by atoms with Gasteiger partial charge >= 0.3 is 5.97 Å². The van der Waals surface area contributed by atoms with E-state index in [4.69, 9.17) is 5.11 Å². The molecule has 0 spiro atoms. The Morgan fingerprint density at radius 3 is 2.53 bits per heavy atom. The minimum Gasteiger partial charge on any atom is -0.476 e. The number of carboxylic acid groups (broad SMARTS) is 1. The average molecular weight is 364 g/mol. The first-order valence-corrected chi connectivity index (χ1v) is 6.71. The van der Waals surface area contributed by atoms with Crippen molar-refractivity contribution >= 4 is 34.1 Å². The number of rotatable bonds is 2. The van der Waals surface area contributed by atoms with Gasteiger partial charge in [-0.15, -0.1) is 0 Å². The second-order valence-electron chi connectivity index (χ2n) is 4.10. The third kappa shape index (κ3) is 2.21. The van der Waals surface area contributed by atoms with Gasteiger partial charge in [0.25, 0.3) is 0 Å². The van der Waals surface area contributed by atoms with Gasteiger partial charge in [-0.3, -0.25) is 0 Å². The first kappa shape index (κ1) is 12.2. The Hall–Kier alpha value is -1.89. The van der Waals surface area contributed by atoms with Crippen LogP contribution >= 0.6 is 22.6 Å². The van der Waals surface area contributed by atoms with Crippen LogP contribution in [0.1, 0.15) is 10.5 Å². The second-order valence-corrected chi connectivity index (χ2v) is 5.21. The van der Waals surface area contributed by atoms with Crippen LogP contribution < -0.4 is 0 Å². The van der Waals surface area contributed by atoms with Crippen LogP contribution in [0.3, 0.4) is 0 Å². The molecule has 0 bridgehead atoms. The van der Waals surface area contributed by atoms with Crippen LogP contribution in [0.15, 0.2) is 48.5 Å². The fourth-order valence-corrected chi connectivity index (χ4v) is 2.68. The smallest absolute Gasteiger partial charge is 0.356 e. The molecule has 0 atom stereocenters. The Bertz CT molecular complexity index is 766. The largest absolute Gasteiger partial charge is 0.476 e. The van der Waals surface area contributed by atoms with Crippen LogP contribution in [0.2, 0.25) is 0 Å². The van der Waals surface area contributed by atoms with E-state index in [0.717, 1.165) is 20.3 Å². The molecule has 94 valence electrons. The monoisotopic (exact) mass is 364 g/mol. The standard InChI is InChI=1S/C14H9IN2O2/c15-13-7-10(9-4-2-1-3-5-9)6-11-8-12(14(18)19)16-17(11)13/h1-8H,(H,18,19). The number of benzene rings is 1. The zero-order valence-corrected chi connectivity index (χ0v) is 11.9. The highest BCUT2D eigenvalue weighted by atomic mass is 127. The van der Waals surface area contributed by atoms with E-state index in [1.807, 2.05) is 42.5 Å². The van der Waals surface area contributed by atoms with Gasteiger partial charge in [0.15, 0.2) is 5.69 Å². The molecule has 3 rings (SSSR count). The summed E-state index contributed by atoms with van der Waals surface area (Å²) in [4.78, 5) is 11.0. The molecule has 0 aliphatic carbocycles. The molecule has 0 saturated carbocycles. The lowest BCUT2D eigenvalue weighted by molar-refractivity contribution is 0.0690. The van der Waals surface area contributed by atoms with E-state index in [2.05, 4.69) is 27.7 Å². The van der Waals surface area contributed by atoms with E-state index in [9.17, 15) is 4.79 Å². The van der Waals surface area contributed by atoms with E-state index in [1.54, 1.807) is 10.6 Å². The molecule has 0 fully saturated rings. The van der Waals surface area contributed by atoms with Crippen LogP contribution in [-0.4, -0.2) is 20.7 Å². The summed E-state index contributed by atoms with van der Waals surface area (Å²) in [5.74, 6) is -1.01. The Morgan fingerprint density at radius 1 is 1.11 bits per heavy atom. The fourth-order valence-electron chi connectivity index (χ4n) is 1.96. The summed E-state index contributed by atoms with van der Waals surface area (Å²) in [6.45, 7) is 0. The SMILES string of the molecule is O=C(O)c1cc2cc(-c3ccccc3)cc(I)n2n1. The van der Waals surface area contributed by atoms with Gasteiger partial charge in [-0.05, 0) is 51.9 Å². The first-order chi connectivity index (χ1) is 9.15. The number of nitrogens with zero attached hydrogens (tertiary/aromatic N) is 2. The molecule has 3 aromatic rings. The summed E-state index contributed by atoms with van der Waals surface area (Å²) in [6.07, 6.45) is 0. The molecule has 0 aliphatic heterocycles. The van der Waals surface area contributed by atoms with Crippen molar-refractivity contribution in [3.63, 3.8) is 0 Å². The van der Waals surface area contributed by atoms with Crippen LogP contribution in [0, 0.1) is 3.70 Å². The van der Waals surface area contributed by atoms with Crippen molar-refractivity contribution in [2.75, 3.05) is 0 Å². The normalized spacial score (nSPS) is 10.8. The van der Waals surface area contributed by atoms with Crippen molar-refractivity contribution in [3.05, 3.63) is 57.9 Å². The number of hydrogen-bond donors (Lipinski definition) is 1. The van der Waals surface area contributed by atoms with E-state index in [0.29, 0.717) is 0 Å². The predicted octanol–water partition coefficient (Wildman–Crippen LogP) is 3.30. The minimum atomic E-state index is -1.01. The molecule has 0 amide bonds. The molecule has 4 nitrogen and oxygen atoms in total. The van der Waals surface area contributed by atoms with Crippen molar-refractivity contribution in [2.45, 2.75) is 0 Å². The lowest BCUT2D eigenvalue weighted by Gasteiger charge is -2.04. The molecular formula is C14H9IN2O2. The first-order valence-electron chi connectivity index (χ1n) is 5.63. The van der Waals surface area contributed by atoms with Gasteiger partial charge in [-0.2, -0.15) is 5.10 Å². The molecule has 5 heteroatoms. The van der Waals surface area contributed by atoms with E-state index in [1.165, 1.54) is 0 Å². The lowest BCUT2D eigenvalue weighted by atomic mass is 10.1. The molecule has 0 saturated heterocycles. The Morgan fingerprint density at radius 2 is 1.84 bits per heavy atom. The summed E-state index contributed by atoms with van der Waals surface area (Å²) >= 11 is 2.15. The number of aromatic carboxylic acids is 1. The van der Waals surface area contributed by atoms with Gasteiger partial charge in [0.2, 0.25) is 0 Å². The number of pyridine rings is 1. The van der Waals surface area contributed by atoms with Crippen molar-refractivity contribution in [1.29, 1.82) is 0 Å². The summed E-state index contributed by atoms with van der Waals surface area (Å²) in [5.41, 5.74) is 2.99. The van der Waals surface area contributed by atoms with Gasteiger partial charge in [0.1, 0.15) is 3.70 Å². The average Bonchev–Trinajstić information content (AvgIpc) is 2.84. The topological polar surface area (TPSA) is 54.6 Å². The number of fused-ring (bicyclic) bond motifs is 1. The third-order valence-corrected chi connectivity index (χ3v) is 3.61. The number of carboxylic acids is 1. The molecule has 0 radical (unpaired) electrons. The van der Waals surface area contributed by atoms with Crippen LogP contribution in [-0.2, 0) is 0 Å². The van der Waals surface area contributed by atoms with E-state index in [-0.39, 0.29) is 5.69 Å². The van der Waals surface area contributed by atoms with E-state index < -0.39 is 5.97 Å². The zero-order valence-electron chi connectivity index (χ0n) is 9.75.